The molecule has 0 heterocycles. The zero-order chi connectivity index (χ0) is 11.4. The molecule has 0 radical (unpaired) electrons. The molecule has 0 saturated heterocycles. The van der Waals surface area contributed by atoms with Crippen molar-refractivity contribution in [2.24, 2.45) is 5.41 Å². The van der Waals surface area contributed by atoms with E-state index in [1.54, 1.807) is 0 Å². The first-order chi connectivity index (χ1) is 7.04. The van der Waals surface area contributed by atoms with Gasteiger partial charge in [-0.3, -0.25) is 0 Å². The van der Waals surface area contributed by atoms with Crippen LogP contribution in [-0.2, 0) is 0 Å². The van der Waals surface area contributed by atoms with Crippen LogP contribution < -0.4 is 5.32 Å². The molecular weight excluding hydrogens is 186 g/mol. The summed E-state index contributed by atoms with van der Waals surface area (Å²) < 4.78 is 0. The summed E-state index contributed by atoms with van der Waals surface area (Å²) in [7, 11) is 0. The predicted molar refractivity (Wildman–Crippen MR) is 65.0 cm³/mol. The van der Waals surface area contributed by atoms with E-state index in [1.165, 1.54) is 32.1 Å². The quantitative estimate of drug-likeness (QED) is 0.736. The minimum Gasteiger partial charge on any atom is -0.396 e. The van der Waals surface area contributed by atoms with Crippen LogP contribution in [-0.4, -0.2) is 23.8 Å². The number of aliphatic hydroxyl groups excluding tert-OH is 1. The Morgan fingerprint density at radius 1 is 1.27 bits per heavy atom. The van der Waals surface area contributed by atoms with Crippen LogP contribution in [0, 0.1) is 5.41 Å². The summed E-state index contributed by atoms with van der Waals surface area (Å²) in [5.41, 5.74) is 0.379. The van der Waals surface area contributed by atoms with E-state index < -0.39 is 0 Å². The molecule has 1 fully saturated rings. The van der Waals surface area contributed by atoms with Crippen molar-refractivity contribution in [3.63, 3.8) is 0 Å². The van der Waals surface area contributed by atoms with Crippen LogP contribution in [0.2, 0.25) is 0 Å². The van der Waals surface area contributed by atoms with Crippen LogP contribution in [0.15, 0.2) is 0 Å². The Hall–Kier alpha value is -0.0800. The lowest BCUT2D eigenvalue weighted by atomic mass is 9.81. The van der Waals surface area contributed by atoms with Gasteiger partial charge in [-0.25, -0.2) is 0 Å². The van der Waals surface area contributed by atoms with Crippen molar-refractivity contribution >= 4 is 0 Å². The molecule has 1 aliphatic rings. The van der Waals surface area contributed by atoms with Crippen molar-refractivity contribution in [2.45, 2.75) is 64.8 Å². The molecule has 1 aliphatic carbocycles. The molecule has 1 rings (SSSR count). The van der Waals surface area contributed by atoms with Crippen molar-refractivity contribution in [1.82, 2.24) is 5.32 Å². The number of aliphatic hydroxyl groups is 1. The van der Waals surface area contributed by atoms with Gasteiger partial charge in [-0.05, 0) is 26.2 Å². The Balaban J connectivity index is 2.40. The fourth-order valence-electron chi connectivity index (χ4n) is 2.23. The van der Waals surface area contributed by atoms with E-state index in [0.717, 1.165) is 13.0 Å². The second-order valence-corrected chi connectivity index (χ2v) is 5.80. The second kappa shape index (κ2) is 5.31. The molecule has 2 nitrogen and oxygen atoms in total. The molecule has 0 spiro atoms. The van der Waals surface area contributed by atoms with Gasteiger partial charge in [-0.15, -0.1) is 0 Å². The fraction of sp³-hybridized carbons (Fsp3) is 1.00. The first-order valence-electron chi connectivity index (χ1n) is 6.39. The van der Waals surface area contributed by atoms with Crippen LogP contribution in [0.5, 0.6) is 0 Å². The Morgan fingerprint density at radius 3 is 2.33 bits per heavy atom. The van der Waals surface area contributed by atoms with E-state index >= 15 is 0 Å². The zero-order valence-electron chi connectivity index (χ0n) is 10.6. The Labute approximate surface area is 94.5 Å². The van der Waals surface area contributed by atoms with E-state index in [0.29, 0.717) is 5.54 Å². The third kappa shape index (κ3) is 3.76. The van der Waals surface area contributed by atoms with Gasteiger partial charge < -0.3 is 10.4 Å². The van der Waals surface area contributed by atoms with Crippen LogP contribution in [0.25, 0.3) is 0 Å². The highest BCUT2D eigenvalue weighted by Gasteiger charge is 2.29. The van der Waals surface area contributed by atoms with Crippen LogP contribution in [0.3, 0.4) is 0 Å². The lowest BCUT2D eigenvalue weighted by Crippen LogP contribution is -2.49. The van der Waals surface area contributed by atoms with E-state index in [4.69, 9.17) is 0 Å². The minimum atomic E-state index is 0.0560. The Kier molecular flexibility index (Phi) is 4.60. The summed E-state index contributed by atoms with van der Waals surface area (Å²) in [4.78, 5) is 0. The molecule has 0 aromatic carbocycles. The average molecular weight is 213 g/mol. The molecule has 90 valence electrons. The largest absolute Gasteiger partial charge is 0.396 e. The molecule has 1 saturated carbocycles. The normalized spacial score (nSPS) is 24.8. The molecule has 2 heteroatoms. The third-order valence-electron chi connectivity index (χ3n) is 4.13. The second-order valence-electron chi connectivity index (χ2n) is 5.80. The van der Waals surface area contributed by atoms with E-state index in [1.807, 2.05) is 0 Å². The molecule has 0 amide bonds. The van der Waals surface area contributed by atoms with Crippen molar-refractivity contribution < 1.29 is 5.11 Å². The smallest absolute Gasteiger partial charge is 0.0496 e. The van der Waals surface area contributed by atoms with E-state index in [-0.39, 0.29) is 12.0 Å². The van der Waals surface area contributed by atoms with Gasteiger partial charge in [-0.1, -0.05) is 33.1 Å². The van der Waals surface area contributed by atoms with Gasteiger partial charge in [-0.2, -0.15) is 0 Å². The molecular formula is C13H27NO. The number of nitrogens with one attached hydrogen (secondary N) is 1. The van der Waals surface area contributed by atoms with Gasteiger partial charge in [0.05, 0.1) is 0 Å². The maximum Gasteiger partial charge on any atom is 0.0496 e. The number of rotatable bonds is 5. The van der Waals surface area contributed by atoms with Crippen molar-refractivity contribution in [3.8, 4) is 0 Å². The zero-order valence-corrected chi connectivity index (χ0v) is 10.6. The van der Waals surface area contributed by atoms with Crippen LogP contribution in [0.1, 0.15) is 59.3 Å². The van der Waals surface area contributed by atoms with Crippen LogP contribution in [0.4, 0.5) is 0 Å². The van der Waals surface area contributed by atoms with Crippen molar-refractivity contribution in [2.75, 3.05) is 13.2 Å². The highest BCUT2D eigenvalue weighted by Crippen LogP contribution is 2.29. The van der Waals surface area contributed by atoms with Crippen molar-refractivity contribution in [1.29, 1.82) is 0 Å². The molecule has 0 bridgehead atoms. The average Bonchev–Trinajstić information content (AvgIpc) is 2.27. The number of hydrogen-bond acceptors (Lipinski definition) is 2. The highest BCUT2D eigenvalue weighted by atomic mass is 16.3. The number of hydrogen-bond donors (Lipinski definition) is 2. The molecule has 15 heavy (non-hydrogen) atoms. The SMILES string of the molecule is CCC(C)(CO)CNC1(C)CCCCC1. The molecule has 0 aromatic heterocycles. The summed E-state index contributed by atoms with van der Waals surface area (Å²) in [5, 5.41) is 13.0. The summed E-state index contributed by atoms with van der Waals surface area (Å²) >= 11 is 0. The lowest BCUT2D eigenvalue weighted by Gasteiger charge is -2.38. The molecule has 1 atom stereocenters. The van der Waals surface area contributed by atoms with Gasteiger partial charge >= 0.3 is 0 Å². The molecule has 1 unspecified atom stereocenters. The highest BCUT2D eigenvalue weighted by molar-refractivity contribution is 4.88. The van der Waals surface area contributed by atoms with E-state index in [9.17, 15) is 5.11 Å². The Morgan fingerprint density at radius 2 is 1.87 bits per heavy atom. The summed E-state index contributed by atoms with van der Waals surface area (Å²) in [6, 6.07) is 0. The maximum absolute atomic E-state index is 9.36. The molecule has 0 aromatic rings. The standard InChI is InChI=1S/C13H27NO/c1-4-12(2,11-15)10-14-13(3)8-6-5-7-9-13/h14-15H,4-11H2,1-3H3. The maximum atomic E-state index is 9.36. The monoisotopic (exact) mass is 213 g/mol. The summed E-state index contributed by atoms with van der Waals surface area (Å²) in [6.07, 6.45) is 7.71. The van der Waals surface area contributed by atoms with Gasteiger partial charge in [0.1, 0.15) is 0 Å². The minimum absolute atomic E-state index is 0.0560. The summed E-state index contributed by atoms with van der Waals surface area (Å²) in [6.45, 7) is 7.87. The Bertz CT molecular complexity index is 181. The fourth-order valence-corrected chi connectivity index (χ4v) is 2.23. The van der Waals surface area contributed by atoms with Gasteiger partial charge in [0.15, 0.2) is 0 Å². The third-order valence-corrected chi connectivity index (χ3v) is 4.13. The van der Waals surface area contributed by atoms with Crippen LogP contribution >= 0.6 is 0 Å². The van der Waals surface area contributed by atoms with E-state index in [2.05, 4.69) is 26.1 Å². The molecule has 2 N–H and O–H groups in total. The molecule has 0 aliphatic heterocycles. The van der Waals surface area contributed by atoms with Gasteiger partial charge in [0.2, 0.25) is 0 Å². The van der Waals surface area contributed by atoms with Gasteiger partial charge in [0.25, 0.3) is 0 Å². The summed E-state index contributed by atoms with van der Waals surface area (Å²) in [5.74, 6) is 0. The predicted octanol–water partition coefficient (Wildman–Crippen LogP) is 2.71. The lowest BCUT2D eigenvalue weighted by molar-refractivity contribution is 0.116. The van der Waals surface area contributed by atoms with Gasteiger partial charge in [0, 0.05) is 24.1 Å². The first kappa shape index (κ1) is 13.0. The van der Waals surface area contributed by atoms with Crippen molar-refractivity contribution in [3.05, 3.63) is 0 Å². The first-order valence-corrected chi connectivity index (χ1v) is 6.39. The topological polar surface area (TPSA) is 32.3 Å².